The van der Waals surface area contributed by atoms with Gasteiger partial charge in [0.15, 0.2) is 0 Å². The van der Waals surface area contributed by atoms with Crippen molar-refractivity contribution in [2.24, 2.45) is 11.7 Å². The number of nitrogens with one attached hydrogen (secondary N) is 2. The number of carbonyl (C=O) groups is 1. The monoisotopic (exact) mass is 196 g/mol. The molecule has 4 N–H and O–H groups in total. The summed E-state index contributed by atoms with van der Waals surface area (Å²) in [5.74, 6) is -0.175. The van der Waals surface area contributed by atoms with E-state index >= 15 is 0 Å². The Balaban J connectivity index is 2.49. The summed E-state index contributed by atoms with van der Waals surface area (Å²) in [6.07, 6.45) is 3.45. The molecule has 0 aliphatic carbocycles. The van der Waals surface area contributed by atoms with E-state index in [2.05, 4.69) is 15.5 Å². The highest BCUT2D eigenvalue weighted by Crippen LogP contribution is 2.09. The number of hydrogen-bond acceptors (Lipinski definition) is 3. The summed E-state index contributed by atoms with van der Waals surface area (Å²) in [4.78, 5) is 11.5. The van der Waals surface area contributed by atoms with Crippen LogP contribution in [-0.2, 0) is 4.79 Å². The summed E-state index contributed by atoms with van der Waals surface area (Å²) in [7, 11) is 0. The van der Waals surface area contributed by atoms with Gasteiger partial charge in [-0.05, 0) is 6.92 Å². The zero-order chi connectivity index (χ0) is 10.6. The number of nitrogens with zero attached hydrogens (tertiary/aromatic N) is 1. The minimum absolute atomic E-state index is 0.0267. The molecular formula is C9H16N4O. The molecular weight excluding hydrogens is 180 g/mol. The van der Waals surface area contributed by atoms with Crippen molar-refractivity contribution in [3.63, 3.8) is 0 Å². The largest absolute Gasteiger partial charge is 0.349 e. The van der Waals surface area contributed by atoms with Gasteiger partial charge in [0.25, 0.3) is 0 Å². The van der Waals surface area contributed by atoms with Gasteiger partial charge in [-0.3, -0.25) is 9.89 Å². The molecule has 1 rings (SSSR count). The van der Waals surface area contributed by atoms with Gasteiger partial charge in [-0.25, -0.2) is 0 Å². The fourth-order valence-electron chi connectivity index (χ4n) is 1.04. The molecule has 78 valence electrons. The number of H-pyrrole nitrogens is 1. The molecule has 1 heterocycles. The van der Waals surface area contributed by atoms with Gasteiger partial charge in [0.1, 0.15) is 0 Å². The molecule has 14 heavy (non-hydrogen) atoms. The lowest BCUT2D eigenvalue weighted by molar-refractivity contribution is -0.124. The van der Waals surface area contributed by atoms with E-state index < -0.39 is 0 Å². The number of hydrogen-bond donors (Lipinski definition) is 3. The van der Waals surface area contributed by atoms with E-state index in [1.807, 2.05) is 6.92 Å². The Labute approximate surface area is 83.1 Å². The van der Waals surface area contributed by atoms with Gasteiger partial charge in [-0.2, -0.15) is 5.10 Å². The van der Waals surface area contributed by atoms with E-state index in [0.29, 0.717) is 6.54 Å². The first-order chi connectivity index (χ1) is 6.65. The Hall–Kier alpha value is -1.36. The van der Waals surface area contributed by atoms with Gasteiger partial charge in [0.05, 0.1) is 12.2 Å². The molecule has 0 saturated carbocycles. The molecule has 0 aliphatic heterocycles. The number of carbonyl (C=O) groups excluding carboxylic acids is 1. The average molecular weight is 196 g/mol. The fraction of sp³-hybridized carbons (Fsp3) is 0.556. The first-order valence-corrected chi connectivity index (χ1v) is 4.64. The van der Waals surface area contributed by atoms with Gasteiger partial charge in [0.2, 0.25) is 5.91 Å². The van der Waals surface area contributed by atoms with Crippen LogP contribution in [0.2, 0.25) is 0 Å². The number of aromatic amines is 1. The number of amides is 1. The quantitative estimate of drug-likeness (QED) is 0.642. The van der Waals surface area contributed by atoms with Crippen molar-refractivity contribution < 1.29 is 4.79 Å². The van der Waals surface area contributed by atoms with Gasteiger partial charge in [0, 0.05) is 24.2 Å². The van der Waals surface area contributed by atoms with Gasteiger partial charge >= 0.3 is 0 Å². The van der Waals surface area contributed by atoms with Crippen molar-refractivity contribution in [2.45, 2.75) is 19.9 Å². The average Bonchev–Trinajstić information content (AvgIpc) is 2.69. The van der Waals surface area contributed by atoms with Crippen LogP contribution in [0.25, 0.3) is 0 Å². The third-order valence-electron chi connectivity index (χ3n) is 2.18. The highest BCUT2D eigenvalue weighted by Gasteiger charge is 2.14. The molecule has 1 aromatic heterocycles. The summed E-state index contributed by atoms with van der Waals surface area (Å²) < 4.78 is 0. The fourth-order valence-corrected chi connectivity index (χ4v) is 1.04. The summed E-state index contributed by atoms with van der Waals surface area (Å²) >= 11 is 0. The van der Waals surface area contributed by atoms with Gasteiger partial charge in [-0.1, -0.05) is 6.92 Å². The van der Waals surface area contributed by atoms with Crippen LogP contribution in [0.1, 0.15) is 25.5 Å². The molecule has 5 heteroatoms. The minimum Gasteiger partial charge on any atom is -0.349 e. The summed E-state index contributed by atoms with van der Waals surface area (Å²) in [6, 6.07) is -0.0322. The van der Waals surface area contributed by atoms with Crippen LogP contribution in [0.3, 0.4) is 0 Å². The molecule has 0 spiro atoms. The van der Waals surface area contributed by atoms with E-state index in [-0.39, 0.29) is 17.9 Å². The van der Waals surface area contributed by atoms with Crippen LogP contribution in [0.4, 0.5) is 0 Å². The normalized spacial score (nSPS) is 14.8. The lowest BCUT2D eigenvalue weighted by Gasteiger charge is -2.15. The standard InChI is InChI=1S/C9H16N4O/c1-6(3-10)9(14)13-7(2)8-4-11-12-5-8/h4-7H,3,10H2,1-2H3,(H,11,12)(H,13,14). The lowest BCUT2D eigenvalue weighted by atomic mass is 10.1. The molecule has 2 atom stereocenters. The predicted octanol–water partition coefficient (Wildman–Crippen LogP) is 0.182. The topological polar surface area (TPSA) is 83.8 Å². The van der Waals surface area contributed by atoms with Crippen molar-refractivity contribution in [3.05, 3.63) is 18.0 Å². The zero-order valence-corrected chi connectivity index (χ0v) is 8.45. The Morgan fingerprint density at radius 3 is 2.93 bits per heavy atom. The zero-order valence-electron chi connectivity index (χ0n) is 8.45. The molecule has 1 aromatic rings. The molecule has 5 nitrogen and oxygen atoms in total. The number of aromatic nitrogens is 2. The van der Waals surface area contributed by atoms with Gasteiger partial charge < -0.3 is 11.1 Å². The summed E-state index contributed by atoms with van der Waals surface area (Å²) in [5, 5.41) is 9.37. The second-order valence-electron chi connectivity index (χ2n) is 3.40. The highest BCUT2D eigenvalue weighted by atomic mass is 16.1. The summed E-state index contributed by atoms with van der Waals surface area (Å²) in [6.45, 7) is 4.08. The predicted molar refractivity (Wildman–Crippen MR) is 53.4 cm³/mol. The van der Waals surface area contributed by atoms with Crippen molar-refractivity contribution in [2.75, 3.05) is 6.54 Å². The second-order valence-corrected chi connectivity index (χ2v) is 3.40. The minimum atomic E-state index is -0.149. The molecule has 0 saturated heterocycles. The van der Waals surface area contributed by atoms with Crippen molar-refractivity contribution >= 4 is 5.91 Å². The van der Waals surface area contributed by atoms with Crippen LogP contribution < -0.4 is 11.1 Å². The van der Waals surface area contributed by atoms with E-state index in [1.54, 1.807) is 19.3 Å². The van der Waals surface area contributed by atoms with E-state index in [0.717, 1.165) is 5.56 Å². The smallest absolute Gasteiger partial charge is 0.224 e. The Kier molecular flexibility index (Phi) is 3.64. The Bertz CT molecular complexity index is 283. The van der Waals surface area contributed by atoms with E-state index in [1.165, 1.54) is 0 Å². The maximum atomic E-state index is 11.5. The molecule has 0 aromatic carbocycles. The first-order valence-electron chi connectivity index (χ1n) is 4.64. The number of rotatable bonds is 4. The van der Waals surface area contributed by atoms with Crippen LogP contribution in [-0.4, -0.2) is 22.6 Å². The molecule has 0 aliphatic rings. The van der Waals surface area contributed by atoms with Crippen molar-refractivity contribution in [1.29, 1.82) is 0 Å². The lowest BCUT2D eigenvalue weighted by Crippen LogP contribution is -2.34. The van der Waals surface area contributed by atoms with Crippen LogP contribution in [0, 0.1) is 5.92 Å². The van der Waals surface area contributed by atoms with Crippen LogP contribution in [0.15, 0.2) is 12.4 Å². The highest BCUT2D eigenvalue weighted by molar-refractivity contribution is 5.78. The summed E-state index contributed by atoms with van der Waals surface area (Å²) in [5.41, 5.74) is 6.35. The maximum absolute atomic E-state index is 11.5. The molecule has 1 amide bonds. The molecule has 0 radical (unpaired) electrons. The molecule has 0 fully saturated rings. The van der Waals surface area contributed by atoms with E-state index in [9.17, 15) is 4.79 Å². The van der Waals surface area contributed by atoms with Crippen LogP contribution >= 0.6 is 0 Å². The third kappa shape index (κ3) is 2.56. The van der Waals surface area contributed by atoms with Gasteiger partial charge in [-0.15, -0.1) is 0 Å². The molecule has 2 unspecified atom stereocenters. The van der Waals surface area contributed by atoms with Crippen LogP contribution in [0.5, 0.6) is 0 Å². The molecule has 0 bridgehead atoms. The first kappa shape index (κ1) is 10.7. The Morgan fingerprint density at radius 1 is 1.71 bits per heavy atom. The van der Waals surface area contributed by atoms with Crippen molar-refractivity contribution in [3.8, 4) is 0 Å². The third-order valence-corrected chi connectivity index (χ3v) is 2.18. The SMILES string of the molecule is CC(CN)C(=O)NC(C)c1cn[nH]c1. The maximum Gasteiger partial charge on any atom is 0.224 e. The van der Waals surface area contributed by atoms with Crippen molar-refractivity contribution in [1.82, 2.24) is 15.5 Å². The second kappa shape index (κ2) is 4.76. The Morgan fingerprint density at radius 2 is 2.43 bits per heavy atom. The van der Waals surface area contributed by atoms with E-state index in [4.69, 9.17) is 5.73 Å². The number of nitrogens with two attached hydrogens (primary N) is 1.